The number of esters is 1. The SMILES string of the molecule is Cc1cccc(OCCN2C(=O)S/C(=C\c3ccc(OC(=O)c4cccc([N+](=O)[O-])c4)cc3)C2=O)c1. The van der Waals surface area contributed by atoms with E-state index in [1.54, 1.807) is 18.2 Å². The Morgan fingerprint density at radius 2 is 1.78 bits per heavy atom. The Labute approximate surface area is 210 Å². The van der Waals surface area contributed by atoms with Crippen LogP contribution in [0, 0.1) is 17.0 Å². The molecule has 0 saturated carbocycles. The molecule has 0 spiro atoms. The van der Waals surface area contributed by atoms with Gasteiger partial charge in [0.1, 0.15) is 18.1 Å². The normalized spacial score (nSPS) is 14.2. The van der Waals surface area contributed by atoms with Crippen molar-refractivity contribution >= 4 is 40.6 Å². The third kappa shape index (κ3) is 5.97. The number of aryl methyl sites for hydroxylation is 1. The van der Waals surface area contributed by atoms with Gasteiger partial charge in [-0.1, -0.05) is 30.3 Å². The predicted molar refractivity (Wildman–Crippen MR) is 134 cm³/mol. The topological polar surface area (TPSA) is 116 Å². The van der Waals surface area contributed by atoms with Gasteiger partial charge in [-0.2, -0.15) is 0 Å². The van der Waals surface area contributed by atoms with Crippen LogP contribution in [0.15, 0.2) is 77.7 Å². The van der Waals surface area contributed by atoms with Crippen molar-refractivity contribution in [1.82, 2.24) is 4.90 Å². The van der Waals surface area contributed by atoms with E-state index in [0.717, 1.165) is 28.3 Å². The second-order valence-electron chi connectivity index (χ2n) is 7.76. The third-order valence-corrected chi connectivity index (χ3v) is 6.04. The molecule has 0 bridgehead atoms. The molecule has 4 rings (SSSR count). The summed E-state index contributed by atoms with van der Waals surface area (Å²) in [6.45, 7) is 2.25. The number of thioether (sulfide) groups is 1. The minimum atomic E-state index is -0.736. The Morgan fingerprint density at radius 1 is 1.03 bits per heavy atom. The molecule has 0 radical (unpaired) electrons. The van der Waals surface area contributed by atoms with Crippen molar-refractivity contribution in [3.05, 3.63) is 105 Å². The molecule has 1 saturated heterocycles. The number of nitrogens with zero attached hydrogens (tertiary/aromatic N) is 2. The first-order valence-electron chi connectivity index (χ1n) is 10.8. The van der Waals surface area contributed by atoms with E-state index in [-0.39, 0.29) is 40.3 Å². The zero-order valence-electron chi connectivity index (χ0n) is 19.1. The first-order valence-corrected chi connectivity index (χ1v) is 11.6. The average molecular weight is 505 g/mol. The number of amides is 2. The summed E-state index contributed by atoms with van der Waals surface area (Å²) < 4.78 is 10.9. The second kappa shape index (κ2) is 10.9. The van der Waals surface area contributed by atoms with Gasteiger partial charge in [0.2, 0.25) is 0 Å². The van der Waals surface area contributed by atoms with Crippen molar-refractivity contribution in [1.29, 1.82) is 0 Å². The van der Waals surface area contributed by atoms with Crippen molar-refractivity contribution in [3.8, 4) is 11.5 Å². The molecule has 1 heterocycles. The van der Waals surface area contributed by atoms with Crippen LogP contribution < -0.4 is 9.47 Å². The lowest BCUT2D eigenvalue weighted by Crippen LogP contribution is -2.32. The highest BCUT2D eigenvalue weighted by Crippen LogP contribution is 2.32. The van der Waals surface area contributed by atoms with E-state index in [1.807, 2.05) is 31.2 Å². The van der Waals surface area contributed by atoms with Crippen molar-refractivity contribution in [2.75, 3.05) is 13.2 Å². The smallest absolute Gasteiger partial charge is 0.343 e. The summed E-state index contributed by atoms with van der Waals surface area (Å²) in [6.07, 6.45) is 1.58. The average Bonchev–Trinajstić information content (AvgIpc) is 3.12. The first kappa shape index (κ1) is 24.7. The Balaban J connectivity index is 1.36. The van der Waals surface area contributed by atoms with E-state index in [4.69, 9.17) is 9.47 Å². The summed E-state index contributed by atoms with van der Waals surface area (Å²) in [4.78, 5) is 49.1. The Hall–Kier alpha value is -4.44. The number of nitro benzene ring substituents is 1. The lowest BCUT2D eigenvalue weighted by atomic mass is 10.2. The Kier molecular flexibility index (Phi) is 7.45. The van der Waals surface area contributed by atoms with Gasteiger partial charge in [-0.15, -0.1) is 0 Å². The zero-order valence-corrected chi connectivity index (χ0v) is 19.9. The third-order valence-electron chi connectivity index (χ3n) is 5.13. The van der Waals surface area contributed by atoms with Crippen LogP contribution >= 0.6 is 11.8 Å². The highest BCUT2D eigenvalue weighted by molar-refractivity contribution is 8.18. The van der Waals surface area contributed by atoms with Crippen molar-refractivity contribution in [2.45, 2.75) is 6.92 Å². The van der Waals surface area contributed by atoms with Gasteiger partial charge in [-0.25, -0.2) is 4.79 Å². The highest BCUT2D eigenvalue weighted by atomic mass is 32.2. The number of ether oxygens (including phenoxy) is 2. The summed E-state index contributed by atoms with van der Waals surface area (Å²) in [5, 5.41) is 10.5. The minimum Gasteiger partial charge on any atom is -0.492 e. The summed E-state index contributed by atoms with van der Waals surface area (Å²) in [6, 6.07) is 19.1. The summed E-state index contributed by atoms with van der Waals surface area (Å²) in [5.74, 6) is -0.242. The quantitative estimate of drug-likeness (QED) is 0.134. The monoisotopic (exact) mass is 504 g/mol. The molecule has 9 nitrogen and oxygen atoms in total. The molecule has 1 aliphatic heterocycles. The van der Waals surface area contributed by atoms with E-state index in [2.05, 4.69) is 0 Å². The number of benzene rings is 3. The Morgan fingerprint density at radius 3 is 2.50 bits per heavy atom. The molecule has 3 aromatic carbocycles. The summed E-state index contributed by atoms with van der Waals surface area (Å²) in [5.41, 5.74) is 1.52. The van der Waals surface area contributed by atoms with Gasteiger partial charge < -0.3 is 9.47 Å². The maximum absolute atomic E-state index is 12.7. The van der Waals surface area contributed by atoms with Crippen molar-refractivity contribution in [3.63, 3.8) is 0 Å². The van der Waals surface area contributed by atoms with Crippen LogP contribution in [-0.2, 0) is 4.79 Å². The van der Waals surface area contributed by atoms with Crippen LogP contribution in [0.1, 0.15) is 21.5 Å². The first-order chi connectivity index (χ1) is 17.3. The van der Waals surface area contributed by atoms with E-state index in [1.165, 1.54) is 30.3 Å². The van der Waals surface area contributed by atoms with Crippen LogP contribution in [0.5, 0.6) is 11.5 Å². The lowest BCUT2D eigenvalue weighted by Gasteiger charge is -2.13. The Bertz CT molecular complexity index is 1370. The largest absolute Gasteiger partial charge is 0.492 e. The van der Waals surface area contributed by atoms with Gasteiger partial charge in [0, 0.05) is 12.1 Å². The lowest BCUT2D eigenvalue weighted by molar-refractivity contribution is -0.384. The second-order valence-corrected chi connectivity index (χ2v) is 8.76. The van der Waals surface area contributed by atoms with Crippen LogP contribution in [0.3, 0.4) is 0 Å². The molecule has 0 atom stereocenters. The molecule has 0 unspecified atom stereocenters. The maximum atomic E-state index is 12.7. The molecule has 3 aromatic rings. The standard InChI is InChI=1S/C26H20N2O7S/c1-17-4-2-7-22(14-17)34-13-12-27-24(29)23(36-26(27)31)15-18-8-10-21(11-9-18)35-25(30)19-5-3-6-20(16-19)28(32)33/h2-11,14-16H,12-13H2,1H3/b23-15-. The van der Waals surface area contributed by atoms with Gasteiger partial charge in [0.05, 0.1) is 21.9 Å². The fourth-order valence-corrected chi connectivity index (χ4v) is 4.21. The number of hydrogen-bond acceptors (Lipinski definition) is 8. The number of nitro groups is 1. The molecule has 10 heteroatoms. The van der Waals surface area contributed by atoms with Crippen molar-refractivity contribution in [2.24, 2.45) is 0 Å². The molecule has 1 aliphatic rings. The predicted octanol–water partition coefficient (Wildman–Crippen LogP) is 5.24. The maximum Gasteiger partial charge on any atom is 0.343 e. The van der Waals surface area contributed by atoms with Crippen LogP contribution in [-0.4, -0.2) is 40.1 Å². The van der Waals surface area contributed by atoms with E-state index in [9.17, 15) is 24.5 Å². The number of rotatable bonds is 8. The van der Waals surface area contributed by atoms with E-state index < -0.39 is 16.8 Å². The van der Waals surface area contributed by atoms with E-state index >= 15 is 0 Å². The van der Waals surface area contributed by atoms with Gasteiger partial charge in [-0.3, -0.25) is 24.6 Å². The molecule has 1 fully saturated rings. The fourth-order valence-electron chi connectivity index (χ4n) is 3.35. The van der Waals surface area contributed by atoms with Crippen molar-refractivity contribution < 1.29 is 28.8 Å². The summed E-state index contributed by atoms with van der Waals surface area (Å²) in [7, 11) is 0. The molecular formula is C26H20N2O7S. The zero-order chi connectivity index (χ0) is 25.7. The molecule has 0 aromatic heterocycles. The number of carbonyl (C=O) groups is 3. The molecule has 0 N–H and O–H groups in total. The van der Waals surface area contributed by atoms with Gasteiger partial charge in [0.15, 0.2) is 0 Å². The molecule has 36 heavy (non-hydrogen) atoms. The molecule has 2 amide bonds. The number of carbonyl (C=O) groups excluding carboxylic acids is 3. The van der Waals surface area contributed by atoms with Crippen LogP contribution in [0.25, 0.3) is 6.08 Å². The molecule has 182 valence electrons. The fraction of sp³-hybridized carbons (Fsp3) is 0.115. The number of hydrogen-bond donors (Lipinski definition) is 0. The van der Waals surface area contributed by atoms with Gasteiger partial charge in [0.25, 0.3) is 16.8 Å². The molecular weight excluding hydrogens is 484 g/mol. The minimum absolute atomic E-state index is 0.0494. The van der Waals surface area contributed by atoms with Crippen LogP contribution in [0.2, 0.25) is 0 Å². The number of imide groups is 1. The summed E-state index contributed by atoms with van der Waals surface area (Å²) >= 11 is 0.844. The molecule has 0 aliphatic carbocycles. The van der Waals surface area contributed by atoms with Gasteiger partial charge >= 0.3 is 5.97 Å². The van der Waals surface area contributed by atoms with E-state index in [0.29, 0.717) is 11.3 Å². The van der Waals surface area contributed by atoms with Crippen LogP contribution in [0.4, 0.5) is 10.5 Å². The number of non-ortho nitro benzene ring substituents is 1. The van der Waals surface area contributed by atoms with Gasteiger partial charge in [-0.05, 0) is 66.2 Å². The highest BCUT2D eigenvalue weighted by Gasteiger charge is 2.34.